The van der Waals surface area contributed by atoms with Crippen molar-refractivity contribution in [3.05, 3.63) is 76.1 Å². The first-order valence-corrected chi connectivity index (χ1v) is 10.9. The van der Waals surface area contributed by atoms with Crippen LogP contribution in [0.25, 0.3) is 0 Å². The summed E-state index contributed by atoms with van der Waals surface area (Å²) in [7, 11) is 0. The summed E-state index contributed by atoms with van der Waals surface area (Å²) in [5, 5.41) is 7.59. The Labute approximate surface area is 179 Å². The van der Waals surface area contributed by atoms with Crippen LogP contribution in [0.3, 0.4) is 0 Å². The van der Waals surface area contributed by atoms with Gasteiger partial charge in [0.1, 0.15) is 6.10 Å². The van der Waals surface area contributed by atoms with E-state index in [0.717, 1.165) is 18.4 Å². The van der Waals surface area contributed by atoms with Crippen LogP contribution in [0, 0.1) is 0 Å². The number of thiophene rings is 1. The van der Waals surface area contributed by atoms with Gasteiger partial charge in [0.25, 0.3) is 11.8 Å². The van der Waals surface area contributed by atoms with Crippen LogP contribution in [0.5, 0.6) is 5.88 Å². The van der Waals surface area contributed by atoms with Crippen molar-refractivity contribution in [1.82, 2.24) is 10.3 Å². The Hall–Kier alpha value is -3.19. The molecule has 1 fully saturated rings. The molecule has 0 saturated heterocycles. The summed E-state index contributed by atoms with van der Waals surface area (Å²) >= 11 is 1.35. The molecule has 7 heteroatoms. The highest BCUT2D eigenvalue weighted by molar-refractivity contribution is 7.12. The lowest BCUT2D eigenvalue weighted by Crippen LogP contribution is -2.25. The average Bonchev–Trinajstić information content (AvgIpc) is 3.48. The third kappa shape index (κ3) is 4.86. The molecule has 2 N–H and O–H groups in total. The molecule has 1 saturated carbocycles. The van der Waals surface area contributed by atoms with Gasteiger partial charge in [0, 0.05) is 18.3 Å². The van der Waals surface area contributed by atoms with Crippen molar-refractivity contribution < 1.29 is 14.3 Å². The maximum Gasteiger partial charge on any atom is 0.265 e. The van der Waals surface area contributed by atoms with Gasteiger partial charge in [-0.15, -0.1) is 11.3 Å². The molecule has 1 aliphatic rings. The fourth-order valence-corrected chi connectivity index (χ4v) is 4.10. The maximum absolute atomic E-state index is 12.8. The lowest BCUT2D eigenvalue weighted by molar-refractivity contribution is 0.0951. The number of rotatable bonds is 7. The number of nitrogens with zero attached hydrogens (tertiary/aromatic N) is 1. The lowest BCUT2D eigenvalue weighted by atomic mass is 10.1. The molecular formula is C23H23N3O3S. The SMILES string of the molecule is O=C(Nc1ccccc1C(=O)NCc1cccnc1OC1CCCC1)c1cccs1. The number of para-hydroxylation sites is 1. The quantitative estimate of drug-likeness (QED) is 0.582. The Morgan fingerprint density at radius 3 is 2.67 bits per heavy atom. The number of carbonyl (C=O) groups excluding carboxylic acids is 2. The first-order valence-electron chi connectivity index (χ1n) is 10.0. The van der Waals surface area contributed by atoms with E-state index in [9.17, 15) is 9.59 Å². The van der Waals surface area contributed by atoms with Crippen LogP contribution >= 0.6 is 11.3 Å². The zero-order valence-corrected chi connectivity index (χ0v) is 17.3. The summed E-state index contributed by atoms with van der Waals surface area (Å²) in [6, 6.07) is 14.3. The average molecular weight is 422 g/mol. The van der Waals surface area contributed by atoms with E-state index in [-0.39, 0.29) is 17.9 Å². The van der Waals surface area contributed by atoms with E-state index in [1.54, 1.807) is 36.5 Å². The summed E-state index contributed by atoms with van der Waals surface area (Å²) in [6.07, 6.45) is 6.34. The smallest absolute Gasteiger partial charge is 0.265 e. The van der Waals surface area contributed by atoms with Crippen LogP contribution in [-0.2, 0) is 6.54 Å². The molecule has 1 aromatic carbocycles. The number of nitrogens with one attached hydrogen (secondary N) is 2. The number of ether oxygens (including phenoxy) is 1. The molecule has 1 aliphatic carbocycles. The molecule has 0 unspecified atom stereocenters. The second-order valence-corrected chi connectivity index (χ2v) is 8.10. The van der Waals surface area contributed by atoms with Crippen molar-refractivity contribution in [1.29, 1.82) is 0 Å². The van der Waals surface area contributed by atoms with E-state index in [1.165, 1.54) is 24.2 Å². The molecule has 30 heavy (non-hydrogen) atoms. The second-order valence-electron chi connectivity index (χ2n) is 7.15. The van der Waals surface area contributed by atoms with E-state index < -0.39 is 0 Å². The molecule has 6 nitrogen and oxygen atoms in total. The molecule has 0 aliphatic heterocycles. The standard InChI is InChI=1S/C23H23N3O3S/c27-21(18-10-3-4-11-19(18)26-22(28)20-12-6-14-30-20)25-15-16-7-5-13-24-23(16)29-17-8-1-2-9-17/h3-7,10-14,17H,1-2,8-9,15H2,(H,25,27)(H,26,28). The highest BCUT2D eigenvalue weighted by atomic mass is 32.1. The largest absolute Gasteiger partial charge is 0.474 e. The normalized spacial score (nSPS) is 13.7. The van der Waals surface area contributed by atoms with E-state index in [0.29, 0.717) is 28.6 Å². The monoisotopic (exact) mass is 421 g/mol. The molecule has 2 heterocycles. The van der Waals surface area contributed by atoms with Crippen LogP contribution in [-0.4, -0.2) is 22.9 Å². The molecule has 0 bridgehead atoms. The van der Waals surface area contributed by atoms with Crippen LogP contribution in [0.15, 0.2) is 60.1 Å². The highest BCUT2D eigenvalue weighted by Crippen LogP contribution is 2.25. The summed E-state index contributed by atoms with van der Waals surface area (Å²) in [4.78, 5) is 30.2. The third-order valence-corrected chi connectivity index (χ3v) is 5.90. The Morgan fingerprint density at radius 1 is 1.03 bits per heavy atom. The lowest BCUT2D eigenvalue weighted by Gasteiger charge is -2.16. The highest BCUT2D eigenvalue weighted by Gasteiger charge is 2.19. The number of aromatic nitrogens is 1. The molecule has 4 rings (SSSR count). The fourth-order valence-electron chi connectivity index (χ4n) is 3.48. The van der Waals surface area contributed by atoms with E-state index in [4.69, 9.17) is 4.74 Å². The van der Waals surface area contributed by atoms with Gasteiger partial charge in [-0.25, -0.2) is 4.98 Å². The predicted octanol–water partition coefficient (Wildman–Crippen LogP) is 4.65. The van der Waals surface area contributed by atoms with Crippen LogP contribution in [0.2, 0.25) is 0 Å². The van der Waals surface area contributed by atoms with Crippen molar-refractivity contribution >= 4 is 28.8 Å². The van der Waals surface area contributed by atoms with Crippen molar-refractivity contribution in [2.24, 2.45) is 0 Å². The summed E-state index contributed by atoms with van der Waals surface area (Å²) in [5.41, 5.74) is 1.71. The Balaban J connectivity index is 1.43. The second kappa shape index (κ2) is 9.54. The topological polar surface area (TPSA) is 80.3 Å². The first-order chi connectivity index (χ1) is 14.7. The summed E-state index contributed by atoms with van der Waals surface area (Å²) < 4.78 is 6.04. The van der Waals surface area contributed by atoms with Crippen molar-refractivity contribution in [2.75, 3.05) is 5.32 Å². The van der Waals surface area contributed by atoms with Gasteiger partial charge >= 0.3 is 0 Å². The van der Waals surface area contributed by atoms with Gasteiger partial charge in [0.05, 0.1) is 16.1 Å². The minimum absolute atomic E-state index is 0.197. The van der Waals surface area contributed by atoms with Crippen LogP contribution < -0.4 is 15.4 Å². The Morgan fingerprint density at radius 2 is 1.87 bits per heavy atom. The number of anilines is 1. The molecular weight excluding hydrogens is 398 g/mol. The number of amides is 2. The summed E-state index contributed by atoms with van der Waals surface area (Å²) in [5.74, 6) is 0.0708. The minimum atomic E-state index is -0.271. The zero-order valence-electron chi connectivity index (χ0n) is 16.5. The van der Waals surface area contributed by atoms with Crippen molar-refractivity contribution in [2.45, 2.75) is 38.3 Å². The van der Waals surface area contributed by atoms with Gasteiger partial charge in [-0.1, -0.05) is 24.3 Å². The van der Waals surface area contributed by atoms with Crippen LogP contribution in [0.4, 0.5) is 5.69 Å². The molecule has 3 aromatic rings. The minimum Gasteiger partial charge on any atom is -0.474 e. The molecule has 0 spiro atoms. The Kier molecular flexibility index (Phi) is 6.39. The van der Waals surface area contributed by atoms with E-state index >= 15 is 0 Å². The number of hydrogen-bond donors (Lipinski definition) is 2. The fraction of sp³-hybridized carbons (Fsp3) is 0.261. The summed E-state index contributed by atoms with van der Waals surface area (Å²) in [6.45, 7) is 0.294. The Bertz CT molecular complexity index is 1010. The number of carbonyl (C=O) groups is 2. The van der Waals surface area contributed by atoms with Gasteiger partial charge in [-0.2, -0.15) is 0 Å². The third-order valence-electron chi connectivity index (χ3n) is 5.03. The number of pyridine rings is 1. The van der Waals surface area contributed by atoms with E-state index in [2.05, 4.69) is 15.6 Å². The van der Waals surface area contributed by atoms with Crippen molar-refractivity contribution in [3.8, 4) is 5.88 Å². The predicted molar refractivity (Wildman–Crippen MR) is 117 cm³/mol. The molecule has 0 atom stereocenters. The van der Waals surface area contributed by atoms with Gasteiger partial charge < -0.3 is 15.4 Å². The molecule has 154 valence electrons. The first kappa shape index (κ1) is 20.1. The van der Waals surface area contributed by atoms with Gasteiger partial charge in [-0.3, -0.25) is 9.59 Å². The van der Waals surface area contributed by atoms with Crippen molar-refractivity contribution in [3.63, 3.8) is 0 Å². The zero-order chi connectivity index (χ0) is 20.8. The molecule has 0 radical (unpaired) electrons. The van der Waals surface area contributed by atoms with E-state index in [1.807, 2.05) is 23.6 Å². The van der Waals surface area contributed by atoms with Gasteiger partial charge in [0.2, 0.25) is 5.88 Å². The number of hydrogen-bond acceptors (Lipinski definition) is 5. The number of benzene rings is 1. The maximum atomic E-state index is 12.8. The molecule has 2 amide bonds. The van der Waals surface area contributed by atoms with Crippen LogP contribution in [0.1, 0.15) is 51.3 Å². The molecule has 2 aromatic heterocycles. The van der Waals surface area contributed by atoms with Gasteiger partial charge in [0.15, 0.2) is 0 Å². The van der Waals surface area contributed by atoms with Gasteiger partial charge in [-0.05, 0) is 55.3 Å².